The minimum Gasteiger partial charge on any atom is -0.357 e. The van der Waals surface area contributed by atoms with Gasteiger partial charge in [0.05, 0.1) is 5.71 Å². The molecular formula is C18H21N3. The van der Waals surface area contributed by atoms with Gasteiger partial charge in [-0.05, 0) is 36.7 Å². The summed E-state index contributed by atoms with van der Waals surface area (Å²) >= 11 is 0. The Bertz CT molecular complexity index is 777. The molecule has 0 bridgehead atoms. The maximum atomic E-state index is 4.51. The average molecular weight is 279 g/mol. The summed E-state index contributed by atoms with van der Waals surface area (Å²) in [6.07, 6.45) is 1.82. The van der Waals surface area contributed by atoms with Crippen LogP contribution in [0.1, 0.15) is 22.4 Å². The molecule has 1 aromatic carbocycles. The molecule has 0 aliphatic carbocycles. The minimum absolute atomic E-state index is 0.879. The van der Waals surface area contributed by atoms with Gasteiger partial charge >= 0.3 is 0 Å². The van der Waals surface area contributed by atoms with Gasteiger partial charge in [0.1, 0.15) is 0 Å². The molecule has 3 nitrogen and oxygen atoms in total. The van der Waals surface area contributed by atoms with Gasteiger partial charge in [-0.1, -0.05) is 25.3 Å². The molecule has 1 aromatic heterocycles. The zero-order chi connectivity index (χ0) is 15.1. The molecule has 0 saturated heterocycles. The Kier molecular flexibility index (Phi) is 3.30. The van der Waals surface area contributed by atoms with Gasteiger partial charge in [-0.25, -0.2) is 0 Å². The molecule has 108 valence electrons. The number of nitrogens with zero attached hydrogens (tertiary/aromatic N) is 2. The number of fused-ring (bicyclic) bond motifs is 3. The van der Waals surface area contributed by atoms with Crippen molar-refractivity contribution in [3.63, 3.8) is 0 Å². The predicted molar refractivity (Wildman–Crippen MR) is 91.1 cm³/mol. The number of allylic oxidation sites excluding steroid dienone is 2. The quantitative estimate of drug-likeness (QED) is 0.838. The maximum Gasteiger partial charge on any atom is 0.0582 e. The van der Waals surface area contributed by atoms with Crippen molar-refractivity contribution >= 4 is 22.2 Å². The number of H-pyrrole nitrogens is 1. The first-order chi connectivity index (χ1) is 10.0. The number of rotatable bonds is 2. The van der Waals surface area contributed by atoms with Gasteiger partial charge in [0.2, 0.25) is 0 Å². The lowest BCUT2D eigenvalue weighted by molar-refractivity contribution is 0.362. The Morgan fingerprint density at radius 3 is 2.81 bits per heavy atom. The van der Waals surface area contributed by atoms with Crippen LogP contribution in [0.15, 0.2) is 36.4 Å². The van der Waals surface area contributed by atoms with Crippen LogP contribution >= 0.6 is 0 Å². The molecule has 0 unspecified atom stereocenters. The predicted octanol–water partition coefficient (Wildman–Crippen LogP) is 3.54. The molecule has 0 atom stereocenters. The number of aliphatic imine (C=N–C) groups is 1. The summed E-state index contributed by atoms with van der Waals surface area (Å²) in [7, 11) is 3.99. The van der Waals surface area contributed by atoms with E-state index in [1.54, 1.807) is 0 Å². The molecule has 1 N–H and O–H groups in total. The highest BCUT2D eigenvalue weighted by Gasteiger charge is 2.25. The van der Waals surface area contributed by atoms with E-state index in [1.807, 2.05) is 13.1 Å². The summed E-state index contributed by atoms with van der Waals surface area (Å²) in [5, 5.41) is 1.23. The second-order valence-corrected chi connectivity index (χ2v) is 5.79. The van der Waals surface area contributed by atoms with Gasteiger partial charge in [-0.2, -0.15) is 0 Å². The first kappa shape index (κ1) is 13.8. The molecule has 0 saturated carbocycles. The summed E-state index contributed by atoms with van der Waals surface area (Å²) < 4.78 is 0. The number of aromatic nitrogens is 1. The molecule has 0 fully saturated rings. The number of nitrogens with one attached hydrogen (secondary N) is 1. The zero-order valence-electron chi connectivity index (χ0n) is 13.0. The monoisotopic (exact) mass is 279 g/mol. The van der Waals surface area contributed by atoms with Crippen molar-refractivity contribution in [2.75, 3.05) is 20.6 Å². The molecule has 3 rings (SSSR count). The second-order valence-electron chi connectivity index (χ2n) is 5.79. The van der Waals surface area contributed by atoms with Crippen LogP contribution in [0.5, 0.6) is 0 Å². The standard InChI is InChI=1S/C18H21N3/c1-6-12(3)13-7-11(2)8-14-17(13)18-15(19-4)9-21(5)10-16(18)20-14/h6-8,20H,1,3,9-10H2,2,4-5H3/b19-15-. The number of aromatic amines is 1. The third-order valence-corrected chi connectivity index (χ3v) is 4.12. The third kappa shape index (κ3) is 2.14. The largest absolute Gasteiger partial charge is 0.357 e. The lowest BCUT2D eigenvalue weighted by Gasteiger charge is -2.24. The number of aryl methyl sites for hydroxylation is 1. The fourth-order valence-electron chi connectivity index (χ4n) is 3.17. The minimum atomic E-state index is 0.879. The lowest BCUT2D eigenvalue weighted by Crippen LogP contribution is -2.32. The second kappa shape index (κ2) is 5.01. The Labute approximate surface area is 125 Å². The number of likely N-dealkylation sites (N-methyl/N-ethyl adjacent to an activating group) is 1. The summed E-state index contributed by atoms with van der Waals surface area (Å²) in [5.41, 5.74) is 8.12. The summed E-state index contributed by atoms with van der Waals surface area (Å²) in [6.45, 7) is 11.9. The smallest absolute Gasteiger partial charge is 0.0582 e. The fourth-order valence-corrected chi connectivity index (χ4v) is 3.17. The highest BCUT2D eigenvalue weighted by atomic mass is 15.1. The third-order valence-electron chi connectivity index (χ3n) is 4.12. The molecule has 3 heteroatoms. The van der Waals surface area contributed by atoms with E-state index in [1.165, 1.54) is 22.2 Å². The van der Waals surface area contributed by atoms with E-state index in [4.69, 9.17) is 0 Å². The lowest BCUT2D eigenvalue weighted by atomic mass is 9.93. The van der Waals surface area contributed by atoms with Crippen LogP contribution in [-0.2, 0) is 6.54 Å². The average Bonchev–Trinajstić information content (AvgIpc) is 2.81. The van der Waals surface area contributed by atoms with Crippen LogP contribution in [-0.4, -0.2) is 36.2 Å². The topological polar surface area (TPSA) is 31.4 Å². The van der Waals surface area contributed by atoms with Gasteiger partial charge < -0.3 is 4.98 Å². The normalized spacial score (nSPS) is 17.2. The Hall–Kier alpha value is -2.13. The van der Waals surface area contributed by atoms with Crippen molar-refractivity contribution in [3.05, 3.63) is 53.8 Å². The van der Waals surface area contributed by atoms with E-state index in [0.717, 1.165) is 35.5 Å². The van der Waals surface area contributed by atoms with Crippen molar-refractivity contribution in [3.8, 4) is 0 Å². The van der Waals surface area contributed by atoms with Crippen LogP contribution in [0.3, 0.4) is 0 Å². The molecule has 2 aromatic rings. The molecule has 1 aliphatic rings. The zero-order valence-corrected chi connectivity index (χ0v) is 13.0. The van der Waals surface area contributed by atoms with E-state index in [0.29, 0.717) is 0 Å². The van der Waals surface area contributed by atoms with Gasteiger partial charge in [0.15, 0.2) is 0 Å². The highest BCUT2D eigenvalue weighted by molar-refractivity contribution is 6.16. The van der Waals surface area contributed by atoms with Crippen molar-refractivity contribution in [2.45, 2.75) is 13.5 Å². The van der Waals surface area contributed by atoms with Crippen molar-refractivity contribution in [1.29, 1.82) is 0 Å². The van der Waals surface area contributed by atoms with Crippen LogP contribution in [0.2, 0.25) is 0 Å². The van der Waals surface area contributed by atoms with E-state index >= 15 is 0 Å². The molecular weight excluding hydrogens is 258 g/mol. The summed E-state index contributed by atoms with van der Waals surface area (Å²) in [5.74, 6) is 0. The fraction of sp³-hybridized carbons (Fsp3) is 0.278. The Morgan fingerprint density at radius 1 is 1.38 bits per heavy atom. The molecule has 0 spiro atoms. The summed E-state index contributed by atoms with van der Waals surface area (Å²) in [4.78, 5) is 10.4. The Balaban J connectivity index is 2.40. The molecule has 1 aliphatic heterocycles. The van der Waals surface area contributed by atoms with Crippen molar-refractivity contribution in [2.24, 2.45) is 4.99 Å². The van der Waals surface area contributed by atoms with Crippen LogP contribution in [0.4, 0.5) is 0 Å². The molecule has 0 amide bonds. The molecule has 0 radical (unpaired) electrons. The van der Waals surface area contributed by atoms with Crippen LogP contribution < -0.4 is 0 Å². The van der Waals surface area contributed by atoms with E-state index < -0.39 is 0 Å². The van der Waals surface area contributed by atoms with E-state index in [2.05, 4.69) is 54.1 Å². The van der Waals surface area contributed by atoms with Crippen LogP contribution in [0, 0.1) is 6.92 Å². The van der Waals surface area contributed by atoms with Gasteiger partial charge in [-0.3, -0.25) is 9.89 Å². The summed E-state index contributed by atoms with van der Waals surface area (Å²) in [6, 6.07) is 4.38. The van der Waals surface area contributed by atoms with E-state index in [9.17, 15) is 0 Å². The molecule has 21 heavy (non-hydrogen) atoms. The van der Waals surface area contributed by atoms with Gasteiger partial charge in [0.25, 0.3) is 0 Å². The number of benzene rings is 1. The first-order valence-corrected chi connectivity index (χ1v) is 7.16. The number of hydrogen-bond acceptors (Lipinski definition) is 2. The van der Waals surface area contributed by atoms with Crippen molar-refractivity contribution < 1.29 is 0 Å². The molecule has 2 heterocycles. The van der Waals surface area contributed by atoms with E-state index in [-0.39, 0.29) is 0 Å². The number of hydrogen-bond donors (Lipinski definition) is 1. The highest BCUT2D eigenvalue weighted by Crippen LogP contribution is 2.34. The Morgan fingerprint density at radius 2 is 2.14 bits per heavy atom. The van der Waals surface area contributed by atoms with Gasteiger partial charge in [0, 0.05) is 42.3 Å². The first-order valence-electron chi connectivity index (χ1n) is 7.16. The SMILES string of the molecule is C=CC(=C)c1cc(C)cc2[nH]c3c(c12)/C(=N\C)CN(C)C3. The van der Waals surface area contributed by atoms with Crippen molar-refractivity contribution in [1.82, 2.24) is 9.88 Å². The van der Waals surface area contributed by atoms with Crippen LogP contribution in [0.25, 0.3) is 16.5 Å². The van der Waals surface area contributed by atoms with Gasteiger partial charge in [-0.15, -0.1) is 0 Å². The maximum absolute atomic E-state index is 4.51.